The molecule has 1 saturated heterocycles. The van der Waals surface area contributed by atoms with Crippen molar-refractivity contribution in [3.8, 4) is 11.4 Å². The second-order valence-electron chi connectivity index (χ2n) is 7.14. The van der Waals surface area contributed by atoms with E-state index < -0.39 is 9.84 Å². The van der Waals surface area contributed by atoms with E-state index in [2.05, 4.69) is 18.4 Å². The number of nitrogens with zero attached hydrogens (tertiary/aromatic N) is 4. The van der Waals surface area contributed by atoms with Crippen molar-refractivity contribution >= 4 is 45.3 Å². The van der Waals surface area contributed by atoms with Crippen LogP contribution in [0.3, 0.4) is 0 Å². The van der Waals surface area contributed by atoms with E-state index in [1.807, 2.05) is 10.6 Å². The van der Waals surface area contributed by atoms with Crippen LogP contribution in [0, 0.1) is 4.77 Å². The number of hydrogen-bond acceptors (Lipinski definition) is 5. The lowest BCUT2D eigenvalue weighted by atomic mass is 10.2. The third kappa shape index (κ3) is 5.11. The van der Waals surface area contributed by atoms with E-state index in [9.17, 15) is 8.42 Å². The van der Waals surface area contributed by atoms with E-state index in [0.717, 1.165) is 18.5 Å². The Kier molecular flexibility index (Phi) is 7.22. The Morgan fingerprint density at radius 1 is 1.41 bits per heavy atom. The molecular weight excluding hydrogens is 451 g/mol. The first kappa shape index (κ1) is 22.5. The fourth-order valence-corrected chi connectivity index (χ4v) is 6.10. The van der Waals surface area contributed by atoms with Crippen LogP contribution in [0.25, 0.3) is 11.4 Å². The fourth-order valence-electron chi connectivity index (χ4n) is 3.59. The van der Waals surface area contributed by atoms with Gasteiger partial charge in [-0.2, -0.15) is 5.10 Å². The summed E-state index contributed by atoms with van der Waals surface area (Å²) in [5.41, 5.74) is 0.730. The van der Waals surface area contributed by atoms with Crippen molar-refractivity contribution in [3.05, 3.63) is 45.7 Å². The molecule has 2 heterocycles. The second kappa shape index (κ2) is 9.31. The quantitative estimate of drug-likeness (QED) is 0.418. The van der Waals surface area contributed by atoms with E-state index in [1.54, 1.807) is 22.9 Å². The zero-order valence-corrected chi connectivity index (χ0v) is 19.4. The van der Waals surface area contributed by atoms with Gasteiger partial charge < -0.3 is 0 Å². The molecule has 0 aliphatic carbocycles. The minimum atomic E-state index is -2.97. The van der Waals surface area contributed by atoms with E-state index in [-0.39, 0.29) is 17.5 Å². The van der Waals surface area contributed by atoms with Crippen molar-refractivity contribution in [2.45, 2.75) is 39.0 Å². The molecule has 0 saturated carbocycles. The Morgan fingerprint density at radius 3 is 2.76 bits per heavy atom. The van der Waals surface area contributed by atoms with Crippen molar-refractivity contribution in [2.75, 3.05) is 18.1 Å². The van der Waals surface area contributed by atoms with Crippen molar-refractivity contribution in [2.24, 2.45) is 0 Å². The zero-order valence-electron chi connectivity index (χ0n) is 16.2. The molecule has 1 aromatic carbocycles. The van der Waals surface area contributed by atoms with E-state index in [1.165, 1.54) is 0 Å². The van der Waals surface area contributed by atoms with Crippen LogP contribution in [0.15, 0.2) is 30.9 Å². The molecule has 1 atom stereocenters. The standard InChI is InChI=1S/C19H24Cl2N4O2S2/c1-3-8-23(15-7-10-29(26,27)12-15)13-25-19(28)24(9-4-2)18(22-25)16-6-5-14(20)11-17(16)21/h4-6,11,15H,2-3,7-10,12-13H2,1H3/t15-/m0/s1. The molecule has 2 aromatic rings. The first-order chi connectivity index (χ1) is 13.8. The topological polar surface area (TPSA) is 60.1 Å². The normalized spacial score (nSPS) is 18.4. The van der Waals surface area contributed by atoms with E-state index in [0.29, 0.717) is 40.3 Å². The zero-order chi connectivity index (χ0) is 21.2. The van der Waals surface area contributed by atoms with Gasteiger partial charge in [0.2, 0.25) is 0 Å². The first-order valence-electron chi connectivity index (χ1n) is 9.44. The van der Waals surface area contributed by atoms with Gasteiger partial charge in [-0.1, -0.05) is 36.2 Å². The van der Waals surface area contributed by atoms with Crippen LogP contribution in [0.4, 0.5) is 0 Å². The predicted molar refractivity (Wildman–Crippen MR) is 121 cm³/mol. The number of allylic oxidation sites excluding steroid dienone is 1. The van der Waals surface area contributed by atoms with Crippen molar-refractivity contribution in [3.63, 3.8) is 0 Å². The summed E-state index contributed by atoms with van der Waals surface area (Å²) in [4.78, 5) is 2.15. The highest BCUT2D eigenvalue weighted by molar-refractivity contribution is 7.91. The van der Waals surface area contributed by atoms with E-state index >= 15 is 0 Å². The third-order valence-electron chi connectivity index (χ3n) is 4.96. The average molecular weight is 475 g/mol. The summed E-state index contributed by atoms with van der Waals surface area (Å²) >= 11 is 18.1. The number of rotatable bonds is 8. The van der Waals surface area contributed by atoms with E-state index in [4.69, 9.17) is 40.5 Å². The molecule has 1 fully saturated rings. The van der Waals surface area contributed by atoms with Gasteiger partial charge in [0, 0.05) is 23.2 Å². The molecule has 0 spiro atoms. The largest absolute Gasteiger partial charge is 0.296 e. The molecule has 0 amide bonds. The highest BCUT2D eigenvalue weighted by atomic mass is 35.5. The summed E-state index contributed by atoms with van der Waals surface area (Å²) in [5.74, 6) is 1.05. The van der Waals surface area contributed by atoms with Crippen LogP contribution in [0.2, 0.25) is 10.0 Å². The maximum atomic E-state index is 12.0. The van der Waals surface area contributed by atoms with Gasteiger partial charge in [-0.25, -0.2) is 13.1 Å². The lowest BCUT2D eigenvalue weighted by Crippen LogP contribution is -2.38. The van der Waals surface area contributed by atoms with Crippen molar-refractivity contribution < 1.29 is 8.42 Å². The van der Waals surface area contributed by atoms with Gasteiger partial charge in [-0.15, -0.1) is 6.58 Å². The van der Waals surface area contributed by atoms with Crippen LogP contribution >= 0.6 is 35.4 Å². The summed E-state index contributed by atoms with van der Waals surface area (Å²) in [6.07, 6.45) is 3.30. The molecule has 3 rings (SSSR count). The molecule has 10 heteroatoms. The summed E-state index contributed by atoms with van der Waals surface area (Å²) in [6, 6.07) is 5.23. The minimum Gasteiger partial charge on any atom is -0.296 e. The Bertz CT molecular complexity index is 1060. The lowest BCUT2D eigenvalue weighted by Gasteiger charge is -2.27. The van der Waals surface area contributed by atoms with Crippen LogP contribution in [-0.4, -0.2) is 51.8 Å². The summed E-state index contributed by atoms with van der Waals surface area (Å²) in [5, 5.41) is 5.76. The van der Waals surface area contributed by atoms with Gasteiger partial charge in [0.1, 0.15) is 0 Å². The maximum Gasteiger partial charge on any atom is 0.199 e. The minimum absolute atomic E-state index is 0.0195. The molecule has 0 bridgehead atoms. The van der Waals surface area contributed by atoms with Crippen LogP contribution in [0.1, 0.15) is 19.8 Å². The molecular formula is C19H24Cl2N4O2S2. The third-order valence-corrected chi connectivity index (χ3v) is 7.69. The molecule has 158 valence electrons. The number of aromatic nitrogens is 3. The van der Waals surface area contributed by atoms with Crippen LogP contribution in [0.5, 0.6) is 0 Å². The molecule has 0 radical (unpaired) electrons. The van der Waals surface area contributed by atoms with Gasteiger partial charge in [-0.3, -0.25) is 9.47 Å². The monoisotopic (exact) mass is 474 g/mol. The van der Waals surface area contributed by atoms with Crippen molar-refractivity contribution in [1.82, 2.24) is 19.2 Å². The maximum absolute atomic E-state index is 12.0. The summed E-state index contributed by atoms with van der Waals surface area (Å²) < 4.78 is 28.0. The fraction of sp³-hybridized carbons (Fsp3) is 0.474. The molecule has 1 aromatic heterocycles. The highest BCUT2D eigenvalue weighted by Gasteiger charge is 2.32. The Morgan fingerprint density at radius 2 is 2.17 bits per heavy atom. The number of halogens is 2. The summed E-state index contributed by atoms with van der Waals surface area (Å²) in [6.45, 7) is 7.57. The molecule has 1 aliphatic rings. The SMILES string of the molecule is C=CCn1c(-c2ccc(Cl)cc2Cl)nn(CN(CCC)[C@H]2CCS(=O)(=O)C2)c1=S. The number of sulfone groups is 1. The number of hydrogen-bond donors (Lipinski definition) is 0. The highest BCUT2D eigenvalue weighted by Crippen LogP contribution is 2.30. The summed E-state index contributed by atoms with van der Waals surface area (Å²) in [7, 11) is -2.97. The van der Waals surface area contributed by atoms with Crippen LogP contribution < -0.4 is 0 Å². The molecule has 0 unspecified atom stereocenters. The first-order valence-corrected chi connectivity index (χ1v) is 12.4. The Balaban J connectivity index is 1.98. The van der Waals surface area contributed by atoms with Crippen molar-refractivity contribution in [1.29, 1.82) is 0 Å². The smallest absolute Gasteiger partial charge is 0.199 e. The van der Waals surface area contributed by atoms with Crippen LogP contribution in [-0.2, 0) is 23.1 Å². The lowest BCUT2D eigenvalue weighted by molar-refractivity contribution is 0.155. The van der Waals surface area contributed by atoms with Gasteiger partial charge in [0.05, 0.1) is 23.2 Å². The Hall–Kier alpha value is -1.19. The van der Waals surface area contributed by atoms with Gasteiger partial charge >= 0.3 is 0 Å². The average Bonchev–Trinajstić information content (AvgIpc) is 3.16. The second-order valence-corrected chi connectivity index (χ2v) is 10.6. The molecule has 1 aliphatic heterocycles. The van der Waals surface area contributed by atoms with Gasteiger partial charge in [-0.05, 0) is 49.8 Å². The van der Waals surface area contributed by atoms with Gasteiger partial charge in [0.25, 0.3) is 0 Å². The van der Waals surface area contributed by atoms with Gasteiger partial charge in [0.15, 0.2) is 20.4 Å². The number of benzene rings is 1. The Labute approximate surface area is 186 Å². The molecule has 29 heavy (non-hydrogen) atoms. The predicted octanol–water partition coefficient (Wildman–Crippen LogP) is 4.43. The molecule has 6 nitrogen and oxygen atoms in total. The molecule has 0 N–H and O–H groups in total.